The molecular weight excluding hydrogens is 318 g/mol. The predicted octanol–water partition coefficient (Wildman–Crippen LogP) is 0.663. The average molecular weight is 345 g/mol. The summed E-state index contributed by atoms with van der Waals surface area (Å²) in [6.45, 7) is 10.5. The van der Waals surface area contributed by atoms with Crippen molar-refractivity contribution in [2.24, 2.45) is 5.73 Å². The Labute approximate surface area is 141 Å². The molecule has 138 valence electrons. The number of rotatable bonds is 3. The number of hydrogen-bond donors (Lipinski definition) is 1. The van der Waals surface area contributed by atoms with E-state index in [1.54, 1.807) is 13.8 Å². The molecule has 0 aromatic heterocycles. The molecule has 3 saturated heterocycles. The Morgan fingerprint density at radius 1 is 1.00 bits per heavy atom. The van der Waals surface area contributed by atoms with Gasteiger partial charge in [-0.05, 0) is 41.5 Å². The smallest absolute Gasteiger partial charge is 0.325 e. The largest absolute Gasteiger partial charge is 0.461 e. The van der Waals surface area contributed by atoms with Crippen molar-refractivity contribution in [1.29, 1.82) is 0 Å². The quantitative estimate of drug-likeness (QED) is 0.745. The summed E-state index contributed by atoms with van der Waals surface area (Å²) in [5.41, 5.74) is 4.68. The average Bonchev–Trinajstić information content (AvgIpc) is 2.88. The van der Waals surface area contributed by atoms with Crippen LogP contribution in [0.4, 0.5) is 0 Å². The van der Waals surface area contributed by atoms with Crippen LogP contribution in [0.1, 0.15) is 41.5 Å². The standard InChI is InChI=1S/C16H27NO7/c1-14(2,17)13(18)19-7-8-9-10(22-15(3,4)21-9)11-12(20-8)24-16(5,6)23-11/h8-12H,7,17H2,1-6H3/t8-,9+,10+,11-,12-/m1/s1. The number of carbonyl (C=O) groups is 1. The number of carbonyl (C=O) groups excluding carboxylic acids is 1. The van der Waals surface area contributed by atoms with E-state index in [4.69, 9.17) is 34.2 Å². The molecule has 0 spiro atoms. The van der Waals surface area contributed by atoms with Crippen LogP contribution >= 0.6 is 0 Å². The molecule has 0 aromatic carbocycles. The molecule has 3 aliphatic rings. The zero-order valence-corrected chi connectivity index (χ0v) is 15.0. The van der Waals surface area contributed by atoms with Crippen molar-refractivity contribution in [3.05, 3.63) is 0 Å². The van der Waals surface area contributed by atoms with Crippen molar-refractivity contribution >= 4 is 5.97 Å². The van der Waals surface area contributed by atoms with E-state index >= 15 is 0 Å². The maximum Gasteiger partial charge on any atom is 0.325 e. The highest BCUT2D eigenvalue weighted by molar-refractivity contribution is 5.79. The predicted molar refractivity (Wildman–Crippen MR) is 81.7 cm³/mol. The van der Waals surface area contributed by atoms with Gasteiger partial charge in [-0.15, -0.1) is 0 Å². The lowest BCUT2D eigenvalue weighted by Crippen LogP contribution is -2.57. The van der Waals surface area contributed by atoms with Crippen molar-refractivity contribution < 1.29 is 33.2 Å². The Morgan fingerprint density at radius 3 is 2.17 bits per heavy atom. The highest BCUT2D eigenvalue weighted by Gasteiger charge is 2.60. The van der Waals surface area contributed by atoms with Gasteiger partial charge in [0, 0.05) is 0 Å². The van der Waals surface area contributed by atoms with Gasteiger partial charge in [-0.1, -0.05) is 0 Å². The lowest BCUT2D eigenvalue weighted by atomic mass is 9.99. The third-order valence-corrected chi connectivity index (χ3v) is 4.16. The molecule has 3 fully saturated rings. The van der Waals surface area contributed by atoms with E-state index in [2.05, 4.69) is 0 Å². The summed E-state index contributed by atoms with van der Waals surface area (Å²) in [6, 6.07) is 0. The molecule has 0 radical (unpaired) electrons. The van der Waals surface area contributed by atoms with Gasteiger partial charge in [0.1, 0.15) is 36.6 Å². The van der Waals surface area contributed by atoms with Gasteiger partial charge in [-0.25, -0.2) is 0 Å². The molecule has 8 heteroatoms. The van der Waals surface area contributed by atoms with Crippen LogP contribution in [-0.2, 0) is 33.2 Å². The second-order valence-corrected chi connectivity index (χ2v) is 8.03. The number of ether oxygens (including phenoxy) is 6. The minimum atomic E-state index is -1.07. The second-order valence-electron chi connectivity index (χ2n) is 8.03. The summed E-state index contributed by atoms with van der Waals surface area (Å²) in [5, 5.41) is 0. The van der Waals surface area contributed by atoms with Gasteiger partial charge < -0.3 is 34.2 Å². The Kier molecular flexibility index (Phi) is 4.22. The molecule has 2 N–H and O–H groups in total. The second kappa shape index (κ2) is 5.62. The molecule has 0 unspecified atom stereocenters. The molecule has 3 heterocycles. The molecule has 0 bridgehead atoms. The first-order chi connectivity index (χ1) is 10.9. The zero-order valence-electron chi connectivity index (χ0n) is 15.0. The van der Waals surface area contributed by atoms with Gasteiger partial charge in [-0.2, -0.15) is 0 Å². The van der Waals surface area contributed by atoms with Crippen LogP contribution in [-0.4, -0.2) is 60.4 Å². The number of nitrogens with two attached hydrogens (primary N) is 1. The maximum atomic E-state index is 11.9. The lowest BCUT2D eigenvalue weighted by Gasteiger charge is -2.37. The highest BCUT2D eigenvalue weighted by atomic mass is 16.9. The minimum Gasteiger partial charge on any atom is -0.461 e. The summed E-state index contributed by atoms with van der Waals surface area (Å²) >= 11 is 0. The van der Waals surface area contributed by atoms with E-state index in [1.165, 1.54) is 0 Å². The maximum absolute atomic E-state index is 11.9. The van der Waals surface area contributed by atoms with E-state index in [0.29, 0.717) is 0 Å². The highest BCUT2D eigenvalue weighted by Crippen LogP contribution is 2.44. The van der Waals surface area contributed by atoms with E-state index in [-0.39, 0.29) is 12.7 Å². The first-order valence-electron chi connectivity index (χ1n) is 8.21. The summed E-state index contributed by atoms with van der Waals surface area (Å²) in [5.74, 6) is -2.06. The van der Waals surface area contributed by atoms with Crippen LogP contribution in [0.25, 0.3) is 0 Å². The van der Waals surface area contributed by atoms with Crippen LogP contribution in [0, 0.1) is 0 Å². The number of fused-ring (bicyclic) bond motifs is 3. The Bertz CT molecular complexity index is 513. The molecule has 0 aromatic rings. The first-order valence-corrected chi connectivity index (χ1v) is 8.21. The normalized spacial score (nSPS) is 40.0. The van der Waals surface area contributed by atoms with Crippen LogP contribution in [0.2, 0.25) is 0 Å². The van der Waals surface area contributed by atoms with E-state index in [0.717, 1.165) is 0 Å². The number of hydrogen-bond acceptors (Lipinski definition) is 8. The summed E-state index contributed by atoms with van der Waals surface area (Å²) in [7, 11) is 0. The van der Waals surface area contributed by atoms with Crippen molar-refractivity contribution in [1.82, 2.24) is 0 Å². The minimum absolute atomic E-state index is 0.00702. The monoisotopic (exact) mass is 345 g/mol. The van der Waals surface area contributed by atoms with Crippen LogP contribution in [0.15, 0.2) is 0 Å². The Hall–Kier alpha value is -0.770. The fourth-order valence-corrected chi connectivity index (χ4v) is 3.17. The molecule has 0 amide bonds. The van der Waals surface area contributed by atoms with Crippen LogP contribution in [0.5, 0.6) is 0 Å². The van der Waals surface area contributed by atoms with E-state index < -0.39 is 47.7 Å². The fraction of sp³-hybridized carbons (Fsp3) is 0.938. The van der Waals surface area contributed by atoms with Gasteiger partial charge >= 0.3 is 5.97 Å². The lowest BCUT2D eigenvalue weighted by molar-refractivity contribution is -0.242. The fourth-order valence-electron chi connectivity index (χ4n) is 3.17. The SMILES string of the molecule is CC1(C)O[C@H]2[C@@H](O1)[C@@H](COC(=O)C(C)(C)N)O[C@@H]1OC(C)(C)O[C@@H]12. The van der Waals surface area contributed by atoms with Gasteiger partial charge in [0.25, 0.3) is 0 Å². The third-order valence-electron chi connectivity index (χ3n) is 4.16. The van der Waals surface area contributed by atoms with Crippen molar-refractivity contribution in [2.75, 3.05) is 6.61 Å². The summed E-state index contributed by atoms with van der Waals surface area (Å²) in [6.07, 6.45) is -2.32. The summed E-state index contributed by atoms with van der Waals surface area (Å²) < 4.78 is 34.9. The van der Waals surface area contributed by atoms with E-state index in [9.17, 15) is 4.79 Å². The van der Waals surface area contributed by atoms with Gasteiger partial charge in [0.05, 0.1) is 0 Å². The van der Waals surface area contributed by atoms with Crippen LogP contribution < -0.4 is 5.73 Å². The Balaban J connectivity index is 1.74. The molecule has 0 saturated carbocycles. The molecule has 3 aliphatic heterocycles. The van der Waals surface area contributed by atoms with Crippen molar-refractivity contribution in [3.63, 3.8) is 0 Å². The third kappa shape index (κ3) is 3.44. The molecule has 8 nitrogen and oxygen atoms in total. The molecular formula is C16H27NO7. The zero-order chi connectivity index (χ0) is 17.9. The van der Waals surface area contributed by atoms with Gasteiger partial charge in [-0.3, -0.25) is 4.79 Å². The topological polar surface area (TPSA) is 98.5 Å². The molecule has 0 aliphatic carbocycles. The van der Waals surface area contributed by atoms with Crippen LogP contribution in [0.3, 0.4) is 0 Å². The molecule has 24 heavy (non-hydrogen) atoms. The summed E-state index contributed by atoms with van der Waals surface area (Å²) in [4.78, 5) is 11.9. The Morgan fingerprint density at radius 2 is 1.54 bits per heavy atom. The number of esters is 1. The van der Waals surface area contributed by atoms with Gasteiger partial charge in [0.15, 0.2) is 17.9 Å². The van der Waals surface area contributed by atoms with Crippen molar-refractivity contribution in [2.45, 2.75) is 89.4 Å². The molecule has 3 rings (SSSR count). The molecule has 5 atom stereocenters. The van der Waals surface area contributed by atoms with E-state index in [1.807, 2.05) is 27.7 Å². The van der Waals surface area contributed by atoms with Gasteiger partial charge in [0.2, 0.25) is 0 Å². The van der Waals surface area contributed by atoms with Crippen molar-refractivity contribution in [3.8, 4) is 0 Å². The first kappa shape index (κ1) is 18.0.